The maximum absolute atomic E-state index is 12.4. The topological polar surface area (TPSA) is 75.7 Å². The van der Waals surface area contributed by atoms with Gasteiger partial charge in [-0.3, -0.25) is 14.4 Å². The van der Waals surface area contributed by atoms with Crippen molar-refractivity contribution < 1.29 is 19.1 Å². The molecular formula is C22H23ClN2O4. The van der Waals surface area contributed by atoms with Gasteiger partial charge < -0.3 is 15.0 Å². The number of nitrogens with one attached hydrogen (secondary N) is 1. The van der Waals surface area contributed by atoms with Crippen LogP contribution in [0.2, 0.25) is 5.02 Å². The second-order valence-corrected chi connectivity index (χ2v) is 7.38. The van der Waals surface area contributed by atoms with Crippen molar-refractivity contribution in [3.8, 4) is 0 Å². The smallest absolute Gasteiger partial charge is 0.311 e. The maximum atomic E-state index is 12.4. The van der Waals surface area contributed by atoms with Crippen molar-refractivity contribution in [2.24, 2.45) is 5.92 Å². The molecule has 2 aromatic rings. The molecule has 0 radical (unpaired) electrons. The summed E-state index contributed by atoms with van der Waals surface area (Å²) in [5.41, 5.74) is 3.28. The first-order valence-electron chi connectivity index (χ1n) is 9.50. The second-order valence-electron chi connectivity index (χ2n) is 6.98. The lowest BCUT2D eigenvalue weighted by Crippen LogP contribution is -2.28. The molecule has 152 valence electrons. The molecule has 0 aliphatic carbocycles. The standard InChI is InChI=1S/C22H23ClN2O4/c1-3-15-8-6-7-14(2)21(15)24-19(26)13-29-22(28)16-11-20(27)25(12-16)18-10-5-4-9-17(18)23/h4-10,16H,3,11-13H2,1-2H3,(H,24,26). The number of carbonyl (C=O) groups excluding carboxylic acids is 3. The van der Waals surface area contributed by atoms with Crippen LogP contribution in [-0.2, 0) is 25.5 Å². The first kappa shape index (κ1) is 20.9. The number of anilines is 2. The number of nitrogens with zero attached hydrogens (tertiary/aromatic N) is 1. The van der Waals surface area contributed by atoms with Gasteiger partial charge in [-0.15, -0.1) is 0 Å². The molecular weight excluding hydrogens is 392 g/mol. The van der Waals surface area contributed by atoms with Gasteiger partial charge in [-0.1, -0.05) is 48.9 Å². The highest BCUT2D eigenvalue weighted by Crippen LogP contribution is 2.31. The summed E-state index contributed by atoms with van der Waals surface area (Å²) < 4.78 is 5.17. The van der Waals surface area contributed by atoms with Crippen LogP contribution in [0.15, 0.2) is 42.5 Å². The number of para-hydroxylation sites is 2. The molecule has 0 bridgehead atoms. The van der Waals surface area contributed by atoms with Crippen molar-refractivity contribution >= 4 is 40.8 Å². The molecule has 1 fully saturated rings. The van der Waals surface area contributed by atoms with Gasteiger partial charge in [-0.25, -0.2) is 0 Å². The first-order chi connectivity index (χ1) is 13.9. The molecule has 1 heterocycles. The Balaban J connectivity index is 1.57. The zero-order valence-electron chi connectivity index (χ0n) is 16.4. The van der Waals surface area contributed by atoms with E-state index in [1.54, 1.807) is 24.3 Å². The first-order valence-corrected chi connectivity index (χ1v) is 9.88. The number of hydrogen-bond donors (Lipinski definition) is 1. The molecule has 0 aromatic heterocycles. The summed E-state index contributed by atoms with van der Waals surface area (Å²) in [5, 5.41) is 3.26. The number of amides is 2. The third-order valence-corrected chi connectivity index (χ3v) is 5.27. The van der Waals surface area contributed by atoms with Crippen molar-refractivity contribution in [1.82, 2.24) is 0 Å². The van der Waals surface area contributed by atoms with Crippen LogP contribution >= 0.6 is 11.6 Å². The molecule has 1 atom stereocenters. The number of esters is 1. The average molecular weight is 415 g/mol. The number of hydrogen-bond acceptors (Lipinski definition) is 4. The minimum Gasteiger partial charge on any atom is -0.455 e. The summed E-state index contributed by atoms with van der Waals surface area (Å²) >= 11 is 6.15. The Bertz CT molecular complexity index is 944. The lowest BCUT2D eigenvalue weighted by molar-refractivity contribution is -0.151. The quantitative estimate of drug-likeness (QED) is 0.730. The molecule has 7 heteroatoms. The van der Waals surface area contributed by atoms with Gasteiger partial charge in [0.05, 0.1) is 16.6 Å². The van der Waals surface area contributed by atoms with Crippen LogP contribution < -0.4 is 10.2 Å². The van der Waals surface area contributed by atoms with Crippen molar-refractivity contribution in [1.29, 1.82) is 0 Å². The van der Waals surface area contributed by atoms with Gasteiger partial charge >= 0.3 is 5.97 Å². The van der Waals surface area contributed by atoms with Crippen LogP contribution in [0.3, 0.4) is 0 Å². The monoisotopic (exact) mass is 414 g/mol. The van der Waals surface area contributed by atoms with E-state index in [9.17, 15) is 14.4 Å². The third-order valence-electron chi connectivity index (χ3n) is 4.95. The second kappa shape index (κ2) is 9.09. The van der Waals surface area contributed by atoms with Crippen molar-refractivity contribution in [3.05, 3.63) is 58.6 Å². The van der Waals surface area contributed by atoms with Gasteiger partial charge in [-0.2, -0.15) is 0 Å². The minimum absolute atomic E-state index is 0.0312. The fourth-order valence-corrected chi connectivity index (χ4v) is 3.64. The molecule has 0 spiro atoms. The molecule has 0 saturated carbocycles. The summed E-state index contributed by atoms with van der Waals surface area (Å²) in [6.07, 6.45) is 0.808. The van der Waals surface area contributed by atoms with E-state index in [0.717, 1.165) is 23.2 Å². The summed E-state index contributed by atoms with van der Waals surface area (Å²) in [5.74, 6) is -1.80. The molecule has 1 saturated heterocycles. The zero-order chi connectivity index (χ0) is 21.0. The van der Waals surface area contributed by atoms with Crippen molar-refractivity contribution in [3.63, 3.8) is 0 Å². The molecule has 29 heavy (non-hydrogen) atoms. The Labute approximate surface area is 174 Å². The molecule has 2 aromatic carbocycles. The Kier molecular flexibility index (Phi) is 6.54. The Morgan fingerprint density at radius 2 is 1.97 bits per heavy atom. The lowest BCUT2D eigenvalue weighted by Gasteiger charge is -2.18. The summed E-state index contributed by atoms with van der Waals surface area (Å²) in [4.78, 5) is 38.4. The van der Waals surface area contributed by atoms with Crippen LogP contribution in [0, 0.1) is 12.8 Å². The van der Waals surface area contributed by atoms with Gasteiger partial charge in [0.1, 0.15) is 0 Å². The largest absolute Gasteiger partial charge is 0.455 e. The van der Waals surface area contributed by atoms with E-state index in [1.165, 1.54) is 4.90 Å². The van der Waals surface area contributed by atoms with Crippen LogP contribution in [0.1, 0.15) is 24.5 Å². The van der Waals surface area contributed by atoms with E-state index in [0.29, 0.717) is 10.7 Å². The molecule has 3 rings (SSSR count). The van der Waals surface area contributed by atoms with Gasteiger partial charge in [0.25, 0.3) is 5.91 Å². The van der Waals surface area contributed by atoms with Crippen LogP contribution in [0.25, 0.3) is 0 Å². The number of carbonyl (C=O) groups is 3. The molecule has 2 amide bonds. The van der Waals surface area contributed by atoms with Crippen LogP contribution in [0.4, 0.5) is 11.4 Å². The number of benzene rings is 2. The van der Waals surface area contributed by atoms with Gasteiger partial charge in [0, 0.05) is 18.7 Å². The van der Waals surface area contributed by atoms with Crippen LogP contribution in [0.5, 0.6) is 0 Å². The third kappa shape index (κ3) is 4.77. The number of aryl methyl sites for hydroxylation is 2. The minimum atomic E-state index is -0.628. The predicted molar refractivity (Wildman–Crippen MR) is 112 cm³/mol. The predicted octanol–water partition coefficient (Wildman–Crippen LogP) is 3.75. The van der Waals surface area contributed by atoms with Crippen molar-refractivity contribution in [2.75, 3.05) is 23.4 Å². The van der Waals surface area contributed by atoms with E-state index in [-0.39, 0.29) is 18.9 Å². The van der Waals surface area contributed by atoms with E-state index in [2.05, 4.69) is 5.32 Å². The SMILES string of the molecule is CCc1cccc(C)c1NC(=O)COC(=O)C1CC(=O)N(c2ccccc2Cl)C1. The van der Waals surface area contributed by atoms with Crippen LogP contribution in [-0.4, -0.2) is 30.9 Å². The van der Waals surface area contributed by atoms with Gasteiger partial charge in [0.2, 0.25) is 5.91 Å². The fourth-order valence-electron chi connectivity index (χ4n) is 3.40. The van der Waals surface area contributed by atoms with E-state index in [4.69, 9.17) is 16.3 Å². The Hall–Kier alpha value is -2.86. The fraction of sp³-hybridized carbons (Fsp3) is 0.318. The molecule has 1 aliphatic rings. The highest BCUT2D eigenvalue weighted by molar-refractivity contribution is 6.33. The summed E-state index contributed by atoms with van der Waals surface area (Å²) in [6, 6.07) is 12.8. The van der Waals surface area contributed by atoms with E-state index in [1.807, 2.05) is 32.0 Å². The zero-order valence-corrected chi connectivity index (χ0v) is 17.2. The highest BCUT2D eigenvalue weighted by atomic mass is 35.5. The van der Waals surface area contributed by atoms with Gasteiger partial charge in [0.15, 0.2) is 6.61 Å². The molecule has 1 unspecified atom stereocenters. The number of halogens is 1. The lowest BCUT2D eigenvalue weighted by atomic mass is 10.1. The van der Waals surface area contributed by atoms with E-state index >= 15 is 0 Å². The average Bonchev–Trinajstić information content (AvgIpc) is 3.09. The molecule has 1 aliphatic heterocycles. The molecule has 6 nitrogen and oxygen atoms in total. The maximum Gasteiger partial charge on any atom is 0.311 e. The van der Waals surface area contributed by atoms with Crippen molar-refractivity contribution in [2.45, 2.75) is 26.7 Å². The molecule has 1 N–H and O–H groups in total. The Morgan fingerprint density at radius 3 is 2.69 bits per heavy atom. The number of ether oxygens (including phenoxy) is 1. The van der Waals surface area contributed by atoms with Gasteiger partial charge in [-0.05, 0) is 36.6 Å². The highest BCUT2D eigenvalue weighted by Gasteiger charge is 2.37. The normalized spacial score (nSPS) is 16.0. The summed E-state index contributed by atoms with van der Waals surface area (Å²) in [6.45, 7) is 3.70. The summed E-state index contributed by atoms with van der Waals surface area (Å²) in [7, 11) is 0. The van der Waals surface area contributed by atoms with E-state index < -0.39 is 24.4 Å². The Morgan fingerprint density at radius 1 is 1.21 bits per heavy atom. The number of rotatable bonds is 6.